The predicted octanol–water partition coefficient (Wildman–Crippen LogP) is 5.77. The second-order valence-electron chi connectivity index (χ2n) is 13.1. The summed E-state index contributed by atoms with van der Waals surface area (Å²) in [5.74, 6) is 0.267. The minimum absolute atomic E-state index is 0.0434. The van der Waals surface area contributed by atoms with Crippen molar-refractivity contribution in [1.82, 2.24) is 15.0 Å². The van der Waals surface area contributed by atoms with Crippen LogP contribution in [0.4, 0.5) is 17.8 Å². The number of rotatable bonds is 15. The minimum atomic E-state index is -2.69. The minimum Gasteiger partial charge on any atom is -0.326 e. The molecule has 0 saturated heterocycles. The third-order valence-electron chi connectivity index (χ3n) is 4.52. The largest absolute Gasteiger partial charge is 0.326 e. The Morgan fingerprint density at radius 2 is 0.487 bits per heavy atom. The van der Waals surface area contributed by atoms with Crippen LogP contribution in [0.15, 0.2) is 0 Å². The molecule has 12 nitrogen and oxygen atoms in total. The van der Waals surface area contributed by atoms with Gasteiger partial charge in [0.2, 0.25) is 17.8 Å². The van der Waals surface area contributed by atoms with Crippen LogP contribution in [0.5, 0.6) is 0 Å². The summed E-state index contributed by atoms with van der Waals surface area (Å²) in [5, 5.41) is 0. The summed E-state index contributed by atoms with van der Waals surface area (Å²) in [6.45, 7) is 19.4. The molecule has 0 aliphatic carbocycles. The van der Waals surface area contributed by atoms with Crippen LogP contribution in [0.25, 0.3) is 0 Å². The molecule has 0 saturated carbocycles. The van der Waals surface area contributed by atoms with Crippen molar-refractivity contribution in [1.29, 1.82) is 0 Å². The molecule has 0 bridgehead atoms. The molecule has 0 unspecified atom stereocenters. The van der Waals surface area contributed by atoms with Gasteiger partial charge < -0.3 is 42.1 Å². The Bertz CT molecular complexity index is 1060. The maximum Gasteiger partial charge on any atom is 0.232 e. The first-order chi connectivity index (χ1) is 17.0. The van der Waals surface area contributed by atoms with E-state index in [1.165, 1.54) is 0 Å². The lowest BCUT2D eigenvalue weighted by atomic mass is 10.7. The van der Waals surface area contributed by atoms with Crippen LogP contribution in [-0.4, -0.2) is 133 Å². The summed E-state index contributed by atoms with van der Waals surface area (Å²) in [6, 6.07) is 0. The maximum atomic E-state index is 12.9. The number of nitrogens with zero attached hydrogens (tertiary/aromatic N) is 6. The van der Waals surface area contributed by atoms with Gasteiger partial charge in [0.15, 0.2) is 0 Å². The van der Waals surface area contributed by atoms with Gasteiger partial charge in [-0.25, -0.2) is 0 Å². The topological polar surface area (TPSA) is 151 Å². The van der Waals surface area contributed by atoms with E-state index in [0.29, 0.717) is 0 Å². The molecule has 39 heavy (non-hydrogen) atoms. The van der Waals surface area contributed by atoms with Crippen molar-refractivity contribution in [3.8, 4) is 0 Å². The zero-order chi connectivity index (χ0) is 30.8. The molecular weight excluding hydrogens is 618 g/mol. The lowest BCUT2D eigenvalue weighted by molar-refractivity contribution is 0.576. The lowest BCUT2D eigenvalue weighted by Crippen LogP contribution is -2.34. The first kappa shape index (κ1) is 36.8. The Balaban J connectivity index is 4.05. The third kappa shape index (κ3) is 16.7. The molecule has 228 valence electrons. The monoisotopic (exact) mass is 666 g/mol. The fraction of sp³-hybridized carbons (Fsp3) is 0.857. The van der Waals surface area contributed by atoms with E-state index in [-0.39, 0.29) is 55.6 Å². The van der Waals surface area contributed by atoms with Gasteiger partial charge >= 0.3 is 0 Å². The summed E-state index contributed by atoms with van der Waals surface area (Å²) in [5.41, 5.74) is 0. The van der Waals surface area contributed by atoms with Crippen molar-refractivity contribution >= 4 is 60.7 Å². The van der Waals surface area contributed by atoms with Gasteiger partial charge in [-0.05, 0) is 80.0 Å². The summed E-state index contributed by atoms with van der Waals surface area (Å²) < 4.78 is 77.4. The highest BCUT2D eigenvalue weighted by Gasteiger charge is 2.30. The summed E-state index contributed by atoms with van der Waals surface area (Å²) >= 11 is 0. The van der Waals surface area contributed by atoms with Gasteiger partial charge in [0, 0.05) is 0 Å². The van der Waals surface area contributed by atoms with Gasteiger partial charge in [-0.3, -0.25) is 0 Å². The molecular formula is C21H48N6O6P6. The van der Waals surface area contributed by atoms with E-state index >= 15 is 0 Å². The van der Waals surface area contributed by atoms with Gasteiger partial charge in [0.25, 0.3) is 0 Å². The van der Waals surface area contributed by atoms with Gasteiger partial charge in [-0.1, -0.05) is 0 Å². The van der Waals surface area contributed by atoms with Crippen LogP contribution in [0.1, 0.15) is 0 Å². The first-order valence-corrected chi connectivity index (χ1v) is 29.0. The molecule has 0 aromatic carbocycles. The van der Waals surface area contributed by atoms with Crippen LogP contribution in [0, 0.1) is 0 Å². The number of aromatic nitrogens is 3. The molecule has 1 aromatic rings. The Morgan fingerprint density at radius 3 is 0.590 bits per heavy atom. The Labute approximate surface area is 235 Å². The SMILES string of the molecule is CP(C)(=O)CN(CP(C)(C)=O)c1nc(N(CP(C)(C)=O)CP(C)(C)=O)nc(N(CP(C)(C)=O)CP(C)(C)=O)n1. The predicted molar refractivity (Wildman–Crippen MR) is 173 cm³/mol. The Kier molecular flexibility index (Phi) is 12.2. The molecule has 1 heterocycles. The molecule has 0 spiro atoms. The molecule has 0 amide bonds. The molecule has 0 aliphatic rings. The lowest BCUT2D eigenvalue weighted by Gasteiger charge is -2.32. The van der Waals surface area contributed by atoms with Crippen molar-refractivity contribution < 1.29 is 27.4 Å². The van der Waals surface area contributed by atoms with Crippen LogP contribution < -0.4 is 14.7 Å². The fourth-order valence-electron chi connectivity index (χ4n) is 3.75. The highest BCUT2D eigenvalue weighted by molar-refractivity contribution is 7.64. The Hall–Kier alpha value is -0.210. The van der Waals surface area contributed by atoms with E-state index < -0.39 is 42.9 Å². The highest BCUT2D eigenvalue weighted by Crippen LogP contribution is 2.47. The van der Waals surface area contributed by atoms with E-state index in [9.17, 15) is 27.4 Å². The van der Waals surface area contributed by atoms with Crippen molar-refractivity contribution in [2.24, 2.45) is 0 Å². The van der Waals surface area contributed by atoms with E-state index in [1.807, 2.05) is 0 Å². The fourth-order valence-corrected chi connectivity index (χ4v) is 10.5. The van der Waals surface area contributed by atoms with Crippen molar-refractivity contribution in [2.75, 3.05) is 132 Å². The number of anilines is 3. The van der Waals surface area contributed by atoms with Gasteiger partial charge in [0.1, 0.15) is 42.9 Å². The molecule has 0 radical (unpaired) electrons. The smallest absolute Gasteiger partial charge is 0.232 e. The summed E-state index contributed by atoms with van der Waals surface area (Å²) in [6.07, 6.45) is 0.260. The van der Waals surface area contributed by atoms with Crippen molar-refractivity contribution in [3.63, 3.8) is 0 Å². The third-order valence-corrected chi connectivity index (χ3v) is 10.7. The van der Waals surface area contributed by atoms with Gasteiger partial charge in [0.05, 0.1) is 37.7 Å². The van der Waals surface area contributed by atoms with E-state index in [2.05, 4.69) is 15.0 Å². The molecule has 0 atom stereocenters. The zero-order valence-corrected chi connectivity index (χ0v) is 30.9. The van der Waals surface area contributed by atoms with E-state index in [0.717, 1.165) is 0 Å². The van der Waals surface area contributed by atoms with Crippen LogP contribution in [0.2, 0.25) is 0 Å². The number of hydrogen-bond donors (Lipinski definition) is 0. The molecule has 1 aromatic heterocycles. The number of hydrogen-bond acceptors (Lipinski definition) is 12. The average molecular weight is 666 g/mol. The molecule has 0 fully saturated rings. The normalized spacial score (nSPS) is 13.8. The molecule has 0 aliphatic heterocycles. The molecule has 1 rings (SSSR count). The summed E-state index contributed by atoms with van der Waals surface area (Å²) in [4.78, 5) is 18.7. The zero-order valence-electron chi connectivity index (χ0n) is 25.6. The quantitative estimate of drug-likeness (QED) is 0.209. The van der Waals surface area contributed by atoms with Gasteiger partial charge in [-0.2, -0.15) is 15.0 Å². The standard InChI is InChI=1S/C21H48N6O6P6/c1-34(2,28)13-25(14-35(3,4)29)19-22-20(26(15-36(5,6)30)16-37(7,8)31)24-21(23-19)27(17-38(9,10)32)18-39(11,12)33/h13-18H2,1-12H3. The van der Waals surface area contributed by atoms with Crippen molar-refractivity contribution in [3.05, 3.63) is 0 Å². The van der Waals surface area contributed by atoms with Crippen LogP contribution in [0.3, 0.4) is 0 Å². The van der Waals surface area contributed by atoms with Gasteiger partial charge in [-0.15, -0.1) is 0 Å². The molecule has 0 N–H and O–H groups in total. The van der Waals surface area contributed by atoms with Crippen molar-refractivity contribution in [2.45, 2.75) is 0 Å². The van der Waals surface area contributed by atoms with E-state index in [1.54, 1.807) is 94.7 Å². The first-order valence-electron chi connectivity index (χ1n) is 12.3. The van der Waals surface area contributed by atoms with E-state index in [4.69, 9.17) is 0 Å². The van der Waals surface area contributed by atoms with Crippen LogP contribution >= 0.6 is 42.9 Å². The second kappa shape index (κ2) is 13.0. The maximum absolute atomic E-state index is 12.9. The highest BCUT2D eigenvalue weighted by atomic mass is 31.2. The second-order valence-corrected chi connectivity index (χ2v) is 33.7. The Morgan fingerprint density at radius 1 is 0.359 bits per heavy atom. The molecule has 18 heteroatoms. The van der Waals surface area contributed by atoms with Crippen LogP contribution in [-0.2, 0) is 27.4 Å². The summed E-state index contributed by atoms with van der Waals surface area (Å²) in [7, 11) is -16.1. The average Bonchev–Trinajstić information content (AvgIpc) is 2.59.